The summed E-state index contributed by atoms with van der Waals surface area (Å²) in [5, 5.41) is 16.8. The number of nitrogens with zero attached hydrogens (tertiary/aromatic N) is 2. The molecule has 21 heavy (non-hydrogen) atoms. The van der Waals surface area contributed by atoms with Crippen LogP contribution >= 0.6 is 0 Å². The molecule has 3 N–H and O–H groups in total. The van der Waals surface area contributed by atoms with Gasteiger partial charge in [0.15, 0.2) is 0 Å². The van der Waals surface area contributed by atoms with Gasteiger partial charge in [0.1, 0.15) is 5.75 Å². The first-order chi connectivity index (χ1) is 10.1. The second-order valence-electron chi connectivity index (χ2n) is 4.88. The van der Waals surface area contributed by atoms with Crippen molar-refractivity contribution in [2.45, 2.75) is 12.8 Å². The highest BCUT2D eigenvalue weighted by Crippen LogP contribution is 2.31. The maximum absolute atomic E-state index is 11.8. The van der Waals surface area contributed by atoms with Crippen molar-refractivity contribution in [3.05, 3.63) is 41.7 Å². The first-order valence-corrected chi connectivity index (χ1v) is 8.08. The molecule has 0 bridgehead atoms. The molecule has 0 atom stereocenters. The lowest BCUT2D eigenvalue weighted by molar-refractivity contribution is 0.475. The molecule has 0 unspecified atom stereocenters. The molecule has 2 aromatic rings. The van der Waals surface area contributed by atoms with E-state index in [1.54, 1.807) is 18.3 Å². The first kappa shape index (κ1) is 13.9. The molecule has 1 aromatic heterocycles. The van der Waals surface area contributed by atoms with Crippen LogP contribution in [-0.2, 0) is 23.1 Å². The Bertz CT molecular complexity index is 728. The summed E-state index contributed by atoms with van der Waals surface area (Å²) in [6.07, 6.45) is 3.21. The fourth-order valence-corrected chi connectivity index (χ4v) is 3.61. The van der Waals surface area contributed by atoms with Crippen LogP contribution in [-0.4, -0.2) is 36.8 Å². The Kier molecular flexibility index (Phi) is 3.56. The molecular weight excluding hydrogens is 292 g/mol. The molecule has 1 aliphatic rings. The lowest BCUT2D eigenvalue weighted by atomic mass is 10.1. The number of hydrogen-bond donors (Lipinski definition) is 3. The van der Waals surface area contributed by atoms with Gasteiger partial charge >= 0.3 is 10.2 Å². The minimum atomic E-state index is -3.51. The van der Waals surface area contributed by atoms with E-state index < -0.39 is 10.2 Å². The van der Waals surface area contributed by atoms with Gasteiger partial charge in [-0.3, -0.25) is 9.40 Å². The summed E-state index contributed by atoms with van der Waals surface area (Å²) in [4.78, 5) is 0. The van der Waals surface area contributed by atoms with Crippen molar-refractivity contribution in [2.24, 2.45) is 0 Å². The Morgan fingerprint density at radius 3 is 2.76 bits per heavy atom. The number of aromatic amines is 1. The third-order valence-corrected chi connectivity index (χ3v) is 4.97. The molecule has 1 fully saturated rings. The molecule has 0 saturated carbocycles. The number of H-pyrrole nitrogens is 1. The van der Waals surface area contributed by atoms with Gasteiger partial charge in [-0.05, 0) is 36.6 Å². The smallest absolute Gasteiger partial charge is 0.301 e. The van der Waals surface area contributed by atoms with E-state index in [9.17, 15) is 13.5 Å². The average Bonchev–Trinajstić information content (AvgIpc) is 3.06. The molecule has 1 aromatic carbocycles. The van der Waals surface area contributed by atoms with E-state index in [4.69, 9.17) is 0 Å². The monoisotopic (exact) mass is 308 g/mol. The second kappa shape index (κ2) is 5.38. The van der Waals surface area contributed by atoms with Crippen LogP contribution in [0, 0.1) is 0 Å². The van der Waals surface area contributed by atoms with Gasteiger partial charge < -0.3 is 5.11 Å². The molecule has 3 rings (SSSR count). The van der Waals surface area contributed by atoms with E-state index in [-0.39, 0.29) is 5.75 Å². The molecule has 0 radical (unpaired) electrons. The van der Waals surface area contributed by atoms with Gasteiger partial charge in [0.25, 0.3) is 0 Å². The summed E-state index contributed by atoms with van der Waals surface area (Å²) in [6, 6.07) is 6.98. The van der Waals surface area contributed by atoms with Crippen molar-refractivity contribution in [1.29, 1.82) is 0 Å². The third-order valence-electron chi connectivity index (χ3n) is 3.44. The Morgan fingerprint density at radius 2 is 2.14 bits per heavy atom. The SMILES string of the molecule is O=S1(=O)NCCN1c1ccc(CCc2ccn[nH]2)cc1O. The summed E-state index contributed by atoms with van der Waals surface area (Å²) < 4.78 is 27.1. The third kappa shape index (κ3) is 2.86. The van der Waals surface area contributed by atoms with E-state index in [0.29, 0.717) is 18.8 Å². The molecular formula is C13H16N4O3S. The van der Waals surface area contributed by atoms with E-state index in [1.807, 2.05) is 12.1 Å². The van der Waals surface area contributed by atoms with Crippen LogP contribution in [0.5, 0.6) is 5.75 Å². The topological polar surface area (TPSA) is 98.3 Å². The number of anilines is 1. The van der Waals surface area contributed by atoms with Gasteiger partial charge in [0.05, 0.1) is 5.69 Å². The zero-order chi connectivity index (χ0) is 14.9. The Labute approximate surface area is 122 Å². The van der Waals surface area contributed by atoms with Crippen molar-refractivity contribution in [1.82, 2.24) is 14.9 Å². The van der Waals surface area contributed by atoms with Crippen LogP contribution in [0.15, 0.2) is 30.5 Å². The molecule has 8 heteroatoms. The molecule has 0 amide bonds. The van der Waals surface area contributed by atoms with Gasteiger partial charge in [-0.2, -0.15) is 18.2 Å². The largest absolute Gasteiger partial charge is 0.506 e. The fraction of sp³-hybridized carbons (Fsp3) is 0.308. The minimum absolute atomic E-state index is 0.0237. The van der Waals surface area contributed by atoms with Crippen LogP contribution in [0.4, 0.5) is 5.69 Å². The maximum Gasteiger partial charge on any atom is 0.301 e. The normalized spacial score (nSPS) is 17.2. The highest BCUT2D eigenvalue weighted by molar-refractivity contribution is 7.91. The number of aromatic nitrogens is 2. The molecule has 0 spiro atoms. The summed E-state index contributed by atoms with van der Waals surface area (Å²) in [5.41, 5.74) is 2.27. The molecule has 7 nitrogen and oxygen atoms in total. The Morgan fingerprint density at radius 1 is 1.29 bits per heavy atom. The Balaban J connectivity index is 1.77. The number of benzene rings is 1. The molecule has 1 aliphatic heterocycles. The van der Waals surface area contributed by atoms with Gasteiger partial charge in [0.2, 0.25) is 0 Å². The maximum atomic E-state index is 11.8. The zero-order valence-corrected chi connectivity index (χ0v) is 12.1. The summed E-state index contributed by atoms with van der Waals surface area (Å²) >= 11 is 0. The summed E-state index contributed by atoms with van der Waals surface area (Å²) in [6.45, 7) is 0.673. The Hall–Kier alpha value is -2.06. The van der Waals surface area contributed by atoms with Crippen LogP contribution in [0.3, 0.4) is 0 Å². The van der Waals surface area contributed by atoms with Gasteiger partial charge in [-0.1, -0.05) is 6.07 Å². The van der Waals surface area contributed by atoms with Crippen molar-refractivity contribution in [2.75, 3.05) is 17.4 Å². The molecule has 1 saturated heterocycles. The number of phenolic OH excluding ortho intramolecular Hbond substituents is 1. The van der Waals surface area contributed by atoms with Crippen LogP contribution in [0.25, 0.3) is 0 Å². The lowest BCUT2D eigenvalue weighted by Crippen LogP contribution is -2.29. The number of aromatic hydroxyl groups is 1. The van der Waals surface area contributed by atoms with E-state index in [1.165, 1.54) is 4.31 Å². The highest BCUT2D eigenvalue weighted by atomic mass is 32.2. The predicted molar refractivity (Wildman–Crippen MR) is 78.4 cm³/mol. The lowest BCUT2D eigenvalue weighted by Gasteiger charge is -2.17. The van der Waals surface area contributed by atoms with E-state index in [0.717, 1.165) is 24.1 Å². The quantitative estimate of drug-likeness (QED) is 0.768. The second-order valence-corrected chi connectivity index (χ2v) is 6.56. The van der Waals surface area contributed by atoms with Crippen LogP contribution in [0.1, 0.15) is 11.3 Å². The fourth-order valence-electron chi connectivity index (χ4n) is 2.36. The van der Waals surface area contributed by atoms with E-state index >= 15 is 0 Å². The van der Waals surface area contributed by atoms with E-state index in [2.05, 4.69) is 14.9 Å². The summed E-state index contributed by atoms with van der Waals surface area (Å²) in [5.74, 6) is -0.0237. The standard InChI is InChI=1S/C13H16N4O3S/c18-13-9-10(1-3-11-5-6-14-16-11)2-4-12(13)17-8-7-15-21(17,19)20/h2,4-6,9,15,18H,1,3,7-8H2,(H,14,16). The number of rotatable bonds is 4. The molecule has 2 heterocycles. The van der Waals surface area contributed by atoms with Crippen molar-refractivity contribution >= 4 is 15.9 Å². The highest BCUT2D eigenvalue weighted by Gasteiger charge is 2.29. The van der Waals surface area contributed by atoms with Crippen molar-refractivity contribution < 1.29 is 13.5 Å². The van der Waals surface area contributed by atoms with Crippen molar-refractivity contribution in [3.8, 4) is 5.75 Å². The molecule has 112 valence electrons. The van der Waals surface area contributed by atoms with Gasteiger partial charge in [-0.15, -0.1) is 0 Å². The van der Waals surface area contributed by atoms with Gasteiger partial charge in [0, 0.05) is 25.0 Å². The van der Waals surface area contributed by atoms with Crippen LogP contribution in [0.2, 0.25) is 0 Å². The molecule has 0 aliphatic carbocycles. The number of phenols is 1. The number of nitrogens with one attached hydrogen (secondary N) is 2. The predicted octanol–water partition coefficient (Wildman–Crippen LogP) is 0.555. The van der Waals surface area contributed by atoms with Crippen molar-refractivity contribution in [3.63, 3.8) is 0 Å². The minimum Gasteiger partial charge on any atom is -0.506 e. The first-order valence-electron chi connectivity index (χ1n) is 6.64. The number of aryl methyl sites for hydroxylation is 2. The van der Waals surface area contributed by atoms with Gasteiger partial charge in [-0.25, -0.2) is 0 Å². The number of hydrogen-bond acceptors (Lipinski definition) is 4. The van der Waals surface area contributed by atoms with Crippen LogP contribution < -0.4 is 9.03 Å². The average molecular weight is 308 g/mol. The zero-order valence-electron chi connectivity index (χ0n) is 11.3. The summed E-state index contributed by atoms with van der Waals surface area (Å²) in [7, 11) is -3.51.